The third-order valence-corrected chi connectivity index (χ3v) is 6.30. The van der Waals surface area contributed by atoms with E-state index < -0.39 is 6.10 Å². The van der Waals surface area contributed by atoms with Gasteiger partial charge in [0.15, 0.2) is 11.5 Å². The third kappa shape index (κ3) is 7.91. The van der Waals surface area contributed by atoms with Gasteiger partial charge in [0.1, 0.15) is 0 Å². The number of aliphatic hydroxyl groups is 1. The number of rotatable bonds is 15. The Morgan fingerprint density at radius 1 is 0.897 bits per heavy atom. The van der Waals surface area contributed by atoms with Crippen LogP contribution in [0, 0.1) is 6.92 Å². The van der Waals surface area contributed by atoms with Crippen molar-refractivity contribution in [3.63, 3.8) is 0 Å². The van der Waals surface area contributed by atoms with E-state index in [1.165, 1.54) is 0 Å². The zero-order valence-corrected chi connectivity index (χ0v) is 22.8. The summed E-state index contributed by atoms with van der Waals surface area (Å²) in [6.45, 7) is 4.70. The SMILES string of the molecule is COCCN(Cc1c(C)nn(-c2ccccc2)c1Oc1ccccc1OC)C[C@@H](O)COCc1ccccc1. The summed E-state index contributed by atoms with van der Waals surface area (Å²) in [6, 6.07) is 27.4. The highest BCUT2D eigenvalue weighted by atomic mass is 16.5. The van der Waals surface area contributed by atoms with E-state index in [2.05, 4.69) is 4.90 Å². The first kappa shape index (κ1) is 28.3. The molecule has 0 amide bonds. The van der Waals surface area contributed by atoms with Gasteiger partial charge in [-0.3, -0.25) is 4.90 Å². The van der Waals surface area contributed by atoms with Crippen LogP contribution in [0.1, 0.15) is 16.8 Å². The van der Waals surface area contributed by atoms with Gasteiger partial charge < -0.3 is 24.1 Å². The van der Waals surface area contributed by atoms with Gasteiger partial charge in [0.25, 0.3) is 0 Å². The van der Waals surface area contributed by atoms with Crippen molar-refractivity contribution in [3.8, 4) is 23.1 Å². The highest BCUT2D eigenvalue weighted by molar-refractivity contribution is 5.47. The fraction of sp³-hybridized carbons (Fsp3) is 0.323. The number of hydrogen-bond acceptors (Lipinski definition) is 7. The van der Waals surface area contributed by atoms with Crippen molar-refractivity contribution in [1.82, 2.24) is 14.7 Å². The molecular formula is C31H37N3O5. The minimum atomic E-state index is -0.673. The molecule has 0 unspecified atom stereocenters. The van der Waals surface area contributed by atoms with Crippen LogP contribution in [0.25, 0.3) is 5.69 Å². The molecule has 0 fully saturated rings. The van der Waals surface area contributed by atoms with E-state index >= 15 is 0 Å². The second-order valence-corrected chi connectivity index (χ2v) is 9.25. The van der Waals surface area contributed by atoms with E-state index in [1.807, 2.05) is 96.5 Å². The molecule has 4 aromatic rings. The van der Waals surface area contributed by atoms with Crippen molar-refractivity contribution in [2.24, 2.45) is 0 Å². The smallest absolute Gasteiger partial charge is 0.227 e. The van der Waals surface area contributed by atoms with E-state index in [4.69, 9.17) is 24.0 Å². The summed E-state index contributed by atoms with van der Waals surface area (Å²) in [6.07, 6.45) is -0.673. The number of ether oxygens (including phenoxy) is 4. The second kappa shape index (κ2) is 14.5. The van der Waals surface area contributed by atoms with Crippen molar-refractivity contribution >= 4 is 0 Å². The lowest BCUT2D eigenvalue weighted by atomic mass is 10.2. The monoisotopic (exact) mass is 531 g/mol. The van der Waals surface area contributed by atoms with E-state index in [9.17, 15) is 5.11 Å². The zero-order chi connectivity index (χ0) is 27.5. The molecule has 206 valence electrons. The standard InChI is InChI=1S/C31H37N3O5/c1-24-28(21-33(18-19-36-2)20-27(35)23-38-22-25-12-6-4-7-13-25)31(34(32-24)26-14-8-5-9-15-26)39-30-17-11-10-16-29(30)37-3/h4-17,27,35H,18-23H2,1-3H3/t27-/m1/s1. The average molecular weight is 532 g/mol. The van der Waals surface area contributed by atoms with Crippen molar-refractivity contribution in [2.75, 3.05) is 40.5 Å². The number of hydrogen-bond donors (Lipinski definition) is 1. The molecule has 0 bridgehead atoms. The summed E-state index contributed by atoms with van der Waals surface area (Å²) in [7, 11) is 3.29. The van der Waals surface area contributed by atoms with Gasteiger partial charge in [0.05, 0.1) is 50.0 Å². The molecule has 0 aliphatic carbocycles. The van der Waals surface area contributed by atoms with Crippen LogP contribution in [0.5, 0.6) is 17.4 Å². The number of aromatic nitrogens is 2. The van der Waals surface area contributed by atoms with Crippen LogP contribution in [0.2, 0.25) is 0 Å². The van der Waals surface area contributed by atoms with Crippen LogP contribution >= 0.6 is 0 Å². The Morgan fingerprint density at radius 3 is 2.26 bits per heavy atom. The van der Waals surface area contributed by atoms with Gasteiger partial charge in [0.2, 0.25) is 5.88 Å². The molecule has 0 aliphatic heterocycles. The third-order valence-electron chi connectivity index (χ3n) is 6.30. The largest absolute Gasteiger partial charge is 0.493 e. The molecule has 1 N–H and O–H groups in total. The number of aliphatic hydroxyl groups excluding tert-OH is 1. The lowest BCUT2D eigenvalue weighted by Gasteiger charge is -2.25. The summed E-state index contributed by atoms with van der Waals surface area (Å²) in [4.78, 5) is 2.13. The number of aryl methyl sites for hydroxylation is 1. The first-order valence-corrected chi connectivity index (χ1v) is 13.0. The zero-order valence-electron chi connectivity index (χ0n) is 22.8. The summed E-state index contributed by atoms with van der Waals surface area (Å²) in [5.41, 5.74) is 3.71. The van der Waals surface area contributed by atoms with Crippen LogP contribution < -0.4 is 9.47 Å². The van der Waals surface area contributed by atoms with Gasteiger partial charge in [-0.05, 0) is 36.8 Å². The molecule has 0 saturated carbocycles. The molecule has 39 heavy (non-hydrogen) atoms. The van der Waals surface area contributed by atoms with Gasteiger partial charge in [0, 0.05) is 26.7 Å². The maximum absolute atomic E-state index is 10.8. The van der Waals surface area contributed by atoms with Crippen LogP contribution in [-0.2, 0) is 22.6 Å². The molecule has 0 spiro atoms. The fourth-order valence-electron chi connectivity index (χ4n) is 4.29. The van der Waals surface area contributed by atoms with E-state index in [0.717, 1.165) is 22.5 Å². The summed E-state index contributed by atoms with van der Waals surface area (Å²) < 4.78 is 25.0. The highest BCUT2D eigenvalue weighted by Gasteiger charge is 2.23. The first-order chi connectivity index (χ1) is 19.1. The predicted octanol–water partition coefficient (Wildman–Crippen LogP) is 5.01. The molecule has 4 rings (SSSR count). The van der Waals surface area contributed by atoms with Crippen LogP contribution in [0.3, 0.4) is 0 Å². The molecule has 1 heterocycles. The van der Waals surface area contributed by atoms with Crippen LogP contribution in [-0.4, -0.2) is 66.4 Å². The maximum atomic E-state index is 10.8. The Labute approximate surface area is 230 Å². The normalized spacial score (nSPS) is 12.0. The number of para-hydroxylation sites is 3. The van der Waals surface area contributed by atoms with Crippen molar-refractivity contribution in [3.05, 3.63) is 102 Å². The molecule has 0 saturated heterocycles. The molecule has 8 nitrogen and oxygen atoms in total. The van der Waals surface area contributed by atoms with Crippen LogP contribution in [0.15, 0.2) is 84.9 Å². The lowest BCUT2D eigenvalue weighted by Crippen LogP contribution is -2.36. The van der Waals surface area contributed by atoms with Gasteiger partial charge in [-0.15, -0.1) is 0 Å². The fourth-order valence-corrected chi connectivity index (χ4v) is 4.29. The Kier molecular flexibility index (Phi) is 10.5. The first-order valence-electron chi connectivity index (χ1n) is 13.0. The molecular weight excluding hydrogens is 494 g/mol. The van der Waals surface area contributed by atoms with E-state index in [-0.39, 0.29) is 6.61 Å². The van der Waals surface area contributed by atoms with E-state index in [0.29, 0.717) is 50.2 Å². The predicted molar refractivity (Wildman–Crippen MR) is 151 cm³/mol. The van der Waals surface area contributed by atoms with Gasteiger partial charge in [-0.1, -0.05) is 60.7 Å². The quantitative estimate of drug-likeness (QED) is 0.231. The lowest BCUT2D eigenvalue weighted by molar-refractivity contribution is 0.00466. The summed E-state index contributed by atoms with van der Waals surface area (Å²) >= 11 is 0. The average Bonchev–Trinajstić information content (AvgIpc) is 3.27. The number of methoxy groups -OCH3 is 2. The molecule has 8 heteroatoms. The van der Waals surface area contributed by atoms with Gasteiger partial charge in [-0.2, -0.15) is 5.10 Å². The second-order valence-electron chi connectivity index (χ2n) is 9.25. The molecule has 1 aromatic heterocycles. The topological polar surface area (TPSA) is 78.2 Å². The summed E-state index contributed by atoms with van der Waals surface area (Å²) in [5.74, 6) is 1.82. The number of nitrogens with zero attached hydrogens (tertiary/aromatic N) is 3. The molecule has 0 radical (unpaired) electrons. The van der Waals surface area contributed by atoms with E-state index in [1.54, 1.807) is 14.2 Å². The van der Waals surface area contributed by atoms with Crippen molar-refractivity contribution in [2.45, 2.75) is 26.2 Å². The van der Waals surface area contributed by atoms with Crippen molar-refractivity contribution < 1.29 is 24.1 Å². The molecule has 1 atom stereocenters. The summed E-state index contributed by atoms with van der Waals surface area (Å²) in [5, 5.41) is 15.7. The van der Waals surface area contributed by atoms with Crippen LogP contribution in [0.4, 0.5) is 0 Å². The molecule has 0 aliphatic rings. The Hall–Kier alpha value is -3.69. The van der Waals surface area contributed by atoms with Crippen molar-refractivity contribution in [1.29, 1.82) is 0 Å². The highest BCUT2D eigenvalue weighted by Crippen LogP contribution is 2.36. The minimum Gasteiger partial charge on any atom is -0.493 e. The molecule has 3 aromatic carbocycles. The Balaban J connectivity index is 1.56. The van der Waals surface area contributed by atoms with Gasteiger partial charge in [-0.25, -0.2) is 4.68 Å². The minimum absolute atomic E-state index is 0.227. The number of benzene rings is 3. The Morgan fingerprint density at radius 2 is 1.56 bits per heavy atom. The maximum Gasteiger partial charge on any atom is 0.227 e. The van der Waals surface area contributed by atoms with Gasteiger partial charge >= 0.3 is 0 Å². The Bertz CT molecular complexity index is 1280.